The van der Waals surface area contributed by atoms with E-state index in [2.05, 4.69) is 71.4 Å². The number of rotatable bonds is 5. The summed E-state index contributed by atoms with van der Waals surface area (Å²) < 4.78 is 0. The molecule has 158 valence electrons. The Balaban J connectivity index is 0.00000280. The summed E-state index contributed by atoms with van der Waals surface area (Å²) in [5, 5.41) is 3.53. The monoisotopic (exact) mass is 499 g/mol. The number of benzene rings is 1. The van der Waals surface area contributed by atoms with Gasteiger partial charge in [0.25, 0.3) is 0 Å². The van der Waals surface area contributed by atoms with E-state index in [1.807, 2.05) is 0 Å². The third kappa shape index (κ3) is 6.88. The summed E-state index contributed by atoms with van der Waals surface area (Å²) in [5.74, 6) is 1.90. The van der Waals surface area contributed by atoms with Crippen LogP contribution in [0.3, 0.4) is 0 Å². The Morgan fingerprint density at radius 1 is 1.07 bits per heavy atom. The lowest BCUT2D eigenvalue weighted by atomic mass is 9.90. The zero-order valence-electron chi connectivity index (χ0n) is 17.8. The van der Waals surface area contributed by atoms with Crippen molar-refractivity contribution in [3.63, 3.8) is 0 Å². The zero-order valence-corrected chi connectivity index (χ0v) is 20.1. The van der Waals surface area contributed by atoms with Gasteiger partial charge in [0.1, 0.15) is 0 Å². The van der Waals surface area contributed by atoms with Crippen molar-refractivity contribution in [2.45, 2.75) is 32.2 Å². The van der Waals surface area contributed by atoms with Gasteiger partial charge in [0.15, 0.2) is 5.96 Å². The fourth-order valence-corrected chi connectivity index (χ4v) is 4.21. The number of likely N-dealkylation sites (N-methyl/N-ethyl adjacent to an activating group) is 2. The van der Waals surface area contributed by atoms with Gasteiger partial charge >= 0.3 is 0 Å². The molecule has 2 saturated heterocycles. The number of guanidine groups is 1. The summed E-state index contributed by atoms with van der Waals surface area (Å²) in [7, 11) is 4.45. The largest absolute Gasteiger partial charge is 0.357 e. The van der Waals surface area contributed by atoms with Crippen molar-refractivity contribution in [2.24, 2.45) is 10.9 Å². The fourth-order valence-electron chi connectivity index (χ4n) is 4.21. The van der Waals surface area contributed by atoms with Gasteiger partial charge in [-0.2, -0.15) is 0 Å². The Morgan fingerprint density at radius 2 is 1.79 bits per heavy atom. The van der Waals surface area contributed by atoms with Crippen molar-refractivity contribution in [2.75, 3.05) is 59.9 Å². The van der Waals surface area contributed by atoms with Crippen LogP contribution in [0.4, 0.5) is 0 Å². The molecular weight excluding hydrogens is 461 g/mol. The molecule has 5 nitrogen and oxygen atoms in total. The molecule has 3 rings (SSSR count). The van der Waals surface area contributed by atoms with Crippen LogP contribution >= 0.6 is 24.0 Å². The van der Waals surface area contributed by atoms with E-state index < -0.39 is 0 Å². The van der Waals surface area contributed by atoms with Crippen molar-refractivity contribution < 1.29 is 0 Å². The Bertz CT molecular complexity index is 586. The number of hydrogen-bond donors (Lipinski definition) is 1. The van der Waals surface area contributed by atoms with Gasteiger partial charge in [0, 0.05) is 45.3 Å². The second-order valence-electron chi connectivity index (χ2n) is 8.21. The maximum absolute atomic E-state index is 5.02. The molecule has 0 amide bonds. The van der Waals surface area contributed by atoms with Crippen LogP contribution in [0.5, 0.6) is 0 Å². The van der Waals surface area contributed by atoms with E-state index in [1.54, 1.807) is 0 Å². The van der Waals surface area contributed by atoms with E-state index in [4.69, 9.17) is 4.99 Å². The summed E-state index contributed by atoms with van der Waals surface area (Å²) in [5.41, 5.74) is 1.47. The number of aliphatic imine (C=N–C) groups is 1. The average molecular weight is 499 g/mol. The Labute approximate surface area is 188 Å². The summed E-state index contributed by atoms with van der Waals surface area (Å²) >= 11 is 0. The van der Waals surface area contributed by atoms with E-state index in [9.17, 15) is 0 Å². The van der Waals surface area contributed by atoms with E-state index in [1.165, 1.54) is 24.8 Å². The first kappa shape index (κ1) is 23.4. The Hall–Kier alpha value is -0.860. The molecule has 2 fully saturated rings. The third-order valence-corrected chi connectivity index (χ3v) is 6.05. The first-order valence-electron chi connectivity index (χ1n) is 10.6. The maximum Gasteiger partial charge on any atom is 0.193 e. The fraction of sp³-hybridized carbons (Fsp3) is 0.682. The van der Waals surface area contributed by atoms with Gasteiger partial charge < -0.3 is 15.1 Å². The Morgan fingerprint density at radius 3 is 2.46 bits per heavy atom. The molecule has 2 heterocycles. The minimum absolute atomic E-state index is 0. The van der Waals surface area contributed by atoms with Crippen LogP contribution in [-0.2, 0) is 6.42 Å². The molecule has 1 atom stereocenters. The van der Waals surface area contributed by atoms with Crippen LogP contribution in [0.2, 0.25) is 0 Å². The minimum atomic E-state index is 0. The predicted molar refractivity (Wildman–Crippen MR) is 130 cm³/mol. The number of nitrogens with zero attached hydrogens (tertiary/aromatic N) is 4. The number of nitrogens with one attached hydrogen (secondary N) is 1. The highest BCUT2D eigenvalue weighted by atomic mass is 127. The van der Waals surface area contributed by atoms with Crippen molar-refractivity contribution in [3.05, 3.63) is 35.9 Å². The lowest BCUT2D eigenvalue weighted by Gasteiger charge is -2.38. The molecule has 2 aliphatic rings. The first-order chi connectivity index (χ1) is 13.2. The highest BCUT2D eigenvalue weighted by molar-refractivity contribution is 14.0. The quantitative estimate of drug-likeness (QED) is 0.384. The van der Waals surface area contributed by atoms with Crippen LogP contribution in [0.1, 0.15) is 25.3 Å². The number of piperidine rings is 1. The summed E-state index contributed by atoms with van der Waals surface area (Å²) in [6.45, 7) is 9.62. The molecule has 6 heteroatoms. The highest BCUT2D eigenvalue weighted by Crippen LogP contribution is 2.21. The topological polar surface area (TPSA) is 34.1 Å². The standard InChI is InChI=1S/C22H37N5.HI/c1-4-23-22(24-17-21-18-25(2)14-15-26(21)3)27-12-10-20(11-13-27)16-19-8-6-5-7-9-19;/h5-9,20-21H,4,10-18H2,1-3H3,(H,23,24);1H. The van der Waals surface area contributed by atoms with Crippen molar-refractivity contribution >= 4 is 29.9 Å². The third-order valence-electron chi connectivity index (χ3n) is 6.05. The number of likely N-dealkylation sites (tertiary alicyclic amines) is 1. The molecule has 1 aromatic rings. The van der Waals surface area contributed by atoms with Gasteiger partial charge in [-0.15, -0.1) is 24.0 Å². The van der Waals surface area contributed by atoms with E-state index in [0.29, 0.717) is 6.04 Å². The lowest BCUT2D eigenvalue weighted by molar-refractivity contribution is 0.119. The van der Waals surface area contributed by atoms with Crippen molar-refractivity contribution in [1.82, 2.24) is 20.0 Å². The molecule has 0 saturated carbocycles. The van der Waals surface area contributed by atoms with Crippen LogP contribution < -0.4 is 5.32 Å². The molecule has 1 unspecified atom stereocenters. The first-order valence-corrected chi connectivity index (χ1v) is 10.6. The van der Waals surface area contributed by atoms with Crippen LogP contribution in [0, 0.1) is 5.92 Å². The molecule has 2 aliphatic heterocycles. The summed E-state index contributed by atoms with van der Waals surface area (Å²) in [4.78, 5) is 12.4. The second kappa shape index (κ2) is 12.0. The lowest BCUT2D eigenvalue weighted by Crippen LogP contribution is -2.52. The predicted octanol–water partition coefficient (Wildman–Crippen LogP) is 2.77. The van der Waals surface area contributed by atoms with Gasteiger partial charge in [0.05, 0.1) is 6.54 Å². The van der Waals surface area contributed by atoms with Gasteiger partial charge in [-0.1, -0.05) is 30.3 Å². The SMILES string of the molecule is CCNC(=NCC1CN(C)CCN1C)N1CCC(Cc2ccccc2)CC1.I. The van der Waals surface area contributed by atoms with Gasteiger partial charge in [-0.05, 0) is 51.8 Å². The molecule has 1 N–H and O–H groups in total. The number of hydrogen-bond acceptors (Lipinski definition) is 3. The van der Waals surface area contributed by atoms with E-state index >= 15 is 0 Å². The van der Waals surface area contributed by atoms with Gasteiger partial charge in [-0.3, -0.25) is 9.89 Å². The molecule has 1 aromatic carbocycles. The molecule has 0 aromatic heterocycles. The second-order valence-corrected chi connectivity index (χ2v) is 8.21. The minimum Gasteiger partial charge on any atom is -0.357 e. The Kier molecular flexibility index (Phi) is 10.0. The molecular formula is C22H38IN5. The average Bonchev–Trinajstić information content (AvgIpc) is 2.69. The van der Waals surface area contributed by atoms with Gasteiger partial charge in [0.2, 0.25) is 0 Å². The van der Waals surface area contributed by atoms with Crippen molar-refractivity contribution in [1.29, 1.82) is 0 Å². The van der Waals surface area contributed by atoms with E-state index in [-0.39, 0.29) is 24.0 Å². The maximum atomic E-state index is 5.02. The van der Waals surface area contributed by atoms with Gasteiger partial charge in [-0.25, -0.2) is 0 Å². The van der Waals surface area contributed by atoms with Crippen LogP contribution in [0.25, 0.3) is 0 Å². The van der Waals surface area contributed by atoms with Crippen molar-refractivity contribution in [3.8, 4) is 0 Å². The highest BCUT2D eigenvalue weighted by Gasteiger charge is 2.24. The normalized spacial score (nSPS) is 22.8. The molecule has 0 spiro atoms. The summed E-state index contributed by atoms with van der Waals surface area (Å²) in [6, 6.07) is 11.5. The molecule has 0 bridgehead atoms. The molecule has 0 aliphatic carbocycles. The number of piperazine rings is 1. The zero-order chi connectivity index (χ0) is 19.1. The van der Waals surface area contributed by atoms with E-state index in [0.717, 1.165) is 57.7 Å². The summed E-state index contributed by atoms with van der Waals surface area (Å²) in [6.07, 6.45) is 3.72. The van der Waals surface area contributed by atoms with Crippen LogP contribution in [-0.4, -0.2) is 86.6 Å². The number of halogens is 1. The molecule has 0 radical (unpaired) electrons. The smallest absolute Gasteiger partial charge is 0.193 e. The molecule has 28 heavy (non-hydrogen) atoms. The van der Waals surface area contributed by atoms with Crippen LogP contribution in [0.15, 0.2) is 35.3 Å².